The monoisotopic (exact) mass is 105 g/mol. The third-order valence-electron chi connectivity index (χ3n) is 0. The molecule has 0 heterocycles. The summed E-state index contributed by atoms with van der Waals surface area (Å²) in [5.74, 6) is 1.42. The van der Waals surface area contributed by atoms with Crippen molar-refractivity contribution in [1.82, 2.24) is 0 Å². The molecule has 0 atom stereocenters. The van der Waals surface area contributed by atoms with E-state index in [0.717, 1.165) is 0 Å². The zero-order valence-electron chi connectivity index (χ0n) is 3.50. The van der Waals surface area contributed by atoms with Gasteiger partial charge in [-0.3, -0.25) is 0 Å². The van der Waals surface area contributed by atoms with Crippen LogP contribution in [0, 0.1) is 5.92 Å². The molecule has 0 aliphatic heterocycles. The fraction of sp³-hybridized carbons (Fsp3) is 0.750. The molecule has 0 aromatic heterocycles. The summed E-state index contributed by atoms with van der Waals surface area (Å²) < 4.78 is 0. The molecule has 0 saturated heterocycles. The van der Waals surface area contributed by atoms with Crippen molar-refractivity contribution in [1.29, 1.82) is 0 Å². The van der Waals surface area contributed by atoms with Crippen molar-refractivity contribution < 1.29 is 0 Å². The number of hydrogen-bond donors (Lipinski definition) is 0. The van der Waals surface area contributed by atoms with E-state index in [1.54, 1.807) is 0 Å². The third kappa shape index (κ3) is 34.2. The first kappa shape index (κ1) is 15.7. The van der Waals surface area contributed by atoms with Gasteiger partial charge in [-0.05, 0) is 5.92 Å². The molecule has 0 bridgehead atoms. The second-order valence-corrected chi connectivity index (χ2v) is 1.50. The molecule has 2 heteroatoms. The Balaban J connectivity index is -0.0000000450. The van der Waals surface area contributed by atoms with Gasteiger partial charge in [-0.15, -0.1) is 0 Å². The quantitative estimate of drug-likeness (QED) is 0.389. The molecule has 0 fully saturated rings. The van der Waals surface area contributed by atoms with Crippen molar-refractivity contribution >= 4 is 70.2 Å². The maximum absolute atomic E-state index is 2.08. The van der Waals surface area contributed by atoms with Gasteiger partial charge in [0, 0.05) is 0 Å². The molecule has 1 radical (unpaired) electrons. The predicted molar refractivity (Wildman–Crippen MR) is 34.6 cm³/mol. The molecule has 0 aromatic carbocycles. The minimum atomic E-state index is 0. The van der Waals surface area contributed by atoms with Gasteiger partial charge in [0.15, 0.2) is 0 Å². The second kappa shape index (κ2) is 10.3. The summed E-state index contributed by atoms with van der Waals surface area (Å²) in [5.41, 5.74) is 0. The fourth-order valence-electron chi connectivity index (χ4n) is 0. The van der Waals surface area contributed by atoms with Gasteiger partial charge in [0.25, 0.3) is 0 Å². The molecule has 0 amide bonds. The Bertz CT molecular complexity index is 12.3. The molecule has 29 valence electrons. The second-order valence-electron chi connectivity index (χ2n) is 1.50. The Morgan fingerprint density at radius 1 is 1.00 bits per heavy atom. The molecule has 0 rings (SSSR count). The summed E-state index contributed by atoms with van der Waals surface area (Å²) >= 11 is 0. The van der Waals surface area contributed by atoms with Crippen LogP contribution in [0.2, 0.25) is 0 Å². The Labute approximate surface area is 95.1 Å². The zero-order valence-corrected chi connectivity index (χ0v) is 3.50. The number of hydrogen-bond acceptors (Lipinski definition) is 0. The molecule has 0 aromatic rings. The average Bonchev–Trinajstić information content (AvgIpc) is 0.811. The fourth-order valence-corrected chi connectivity index (χ4v) is 0. The Kier molecular flexibility index (Phi) is 26.9. The summed E-state index contributed by atoms with van der Waals surface area (Å²) in [7, 11) is 0. The first-order valence-corrected chi connectivity index (χ1v) is 1.50. The number of rotatable bonds is 0. The Hall–Kier alpha value is 2.23. The van der Waals surface area contributed by atoms with E-state index in [1.807, 2.05) is 0 Å². The molecular formula is C4H11KLi. The van der Waals surface area contributed by atoms with E-state index in [0.29, 0.717) is 0 Å². The standard InChI is InChI=1S/C4H9.K.Li.2H/c1-4(2)3;;;;/h1-3H3;;;;. The zero-order chi connectivity index (χ0) is 3.58. The molecule has 0 spiro atoms. The van der Waals surface area contributed by atoms with E-state index in [1.165, 1.54) is 5.92 Å². The Morgan fingerprint density at radius 2 is 1.00 bits per heavy atom. The summed E-state index contributed by atoms with van der Waals surface area (Å²) in [6.45, 7) is 6.25. The van der Waals surface area contributed by atoms with Crippen LogP contribution < -0.4 is 0 Å². The van der Waals surface area contributed by atoms with E-state index in [9.17, 15) is 0 Å². The van der Waals surface area contributed by atoms with Crippen molar-refractivity contribution in [2.75, 3.05) is 0 Å². The van der Waals surface area contributed by atoms with Gasteiger partial charge in [-0.2, -0.15) is 0 Å². The molecule has 0 nitrogen and oxygen atoms in total. The van der Waals surface area contributed by atoms with Crippen LogP contribution in [0.3, 0.4) is 0 Å². The third-order valence-corrected chi connectivity index (χ3v) is 0. The van der Waals surface area contributed by atoms with Crippen molar-refractivity contribution in [3.05, 3.63) is 5.92 Å². The first-order chi connectivity index (χ1) is 1.73. The predicted octanol–water partition coefficient (Wildman–Crippen LogP) is 0.324. The van der Waals surface area contributed by atoms with Crippen molar-refractivity contribution in [2.45, 2.75) is 20.8 Å². The molecular weight excluding hydrogens is 94.1 g/mol. The van der Waals surface area contributed by atoms with E-state index >= 15 is 0 Å². The molecule has 6 heavy (non-hydrogen) atoms. The van der Waals surface area contributed by atoms with Crippen LogP contribution in [0.4, 0.5) is 0 Å². The molecule has 0 aliphatic carbocycles. The van der Waals surface area contributed by atoms with E-state index in [2.05, 4.69) is 20.8 Å². The van der Waals surface area contributed by atoms with Crippen LogP contribution in [0.25, 0.3) is 0 Å². The van der Waals surface area contributed by atoms with Crippen LogP contribution in [-0.2, 0) is 0 Å². The van der Waals surface area contributed by atoms with E-state index in [-0.39, 0.29) is 70.2 Å². The summed E-state index contributed by atoms with van der Waals surface area (Å²) in [6, 6.07) is 0. The first-order valence-electron chi connectivity index (χ1n) is 1.50. The van der Waals surface area contributed by atoms with Crippen LogP contribution >= 0.6 is 0 Å². The minimum absolute atomic E-state index is 0. The van der Waals surface area contributed by atoms with Gasteiger partial charge < -0.3 is 0 Å². The summed E-state index contributed by atoms with van der Waals surface area (Å²) in [6.07, 6.45) is 0. The molecule has 0 unspecified atom stereocenters. The summed E-state index contributed by atoms with van der Waals surface area (Å²) in [4.78, 5) is 0. The maximum atomic E-state index is 2.08. The molecule has 0 N–H and O–H groups in total. The van der Waals surface area contributed by atoms with E-state index in [4.69, 9.17) is 0 Å². The topological polar surface area (TPSA) is 0 Å². The van der Waals surface area contributed by atoms with Crippen molar-refractivity contribution in [3.8, 4) is 0 Å². The van der Waals surface area contributed by atoms with Crippen LogP contribution in [0.5, 0.6) is 0 Å². The van der Waals surface area contributed by atoms with Crippen LogP contribution in [0.1, 0.15) is 20.8 Å². The van der Waals surface area contributed by atoms with Gasteiger partial charge in [0.1, 0.15) is 0 Å². The van der Waals surface area contributed by atoms with Gasteiger partial charge in [0.2, 0.25) is 0 Å². The van der Waals surface area contributed by atoms with Crippen LogP contribution in [0.15, 0.2) is 0 Å². The Morgan fingerprint density at radius 3 is 1.00 bits per heavy atom. The van der Waals surface area contributed by atoms with Gasteiger partial charge >= 0.3 is 70.2 Å². The average molecular weight is 105 g/mol. The van der Waals surface area contributed by atoms with Crippen molar-refractivity contribution in [3.63, 3.8) is 0 Å². The van der Waals surface area contributed by atoms with Gasteiger partial charge in [-0.1, -0.05) is 20.8 Å². The summed E-state index contributed by atoms with van der Waals surface area (Å²) in [5, 5.41) is 0. The van der Waals surface area contributed by atoms with Crippen molar-refractivity contribution in [2.24, 2.45) is 0 Å². The molecule has 0 aliphatic rings. The molecule has 0 saturated carbocycles. The van der Waals surface area contributed by atoms with Crippen LogP contribution in [-0.4, -0.2) is 70.2 Å². The van der Waals surface area contributed by atoms with Gasteiger partial charge in [-0.25, -0.2) is 0 Å². The normalized spacial score (nSPS) is 6.00. The SMILES string of the molecule is C[C](C)C.[KH].[LiH]. The van der Waals surface area contributed by atoms with Gasteiger partial charge in [0.05, 0.1) is 0 Å². The van der Waals surface area contributed by atoms with E-state index < -0.39 is 0 Å².